The molecule has 4 aromatic rings. The van der Waals surface area contributed by atoms with Crippen molar-refractivity contribution in [3.63, 3.8) is 0 Å². The first-order chi connectivity index (χ1) is 16.0. The Balaban J connectivity index is 1.48. The first-order valence-corrected chi connectivity index (χ1v) is 10.5. The van der Waals surface area contributed by atoms with Gasteiger partial charge in [0.1, 0.15) is 11.5 Å². The van der Waals surface area contributed by atoms with Crippen molar-refractivity contribution in [3.05, 3.63) is 93.8 Å². The molecule has 1 aromatic heterocycles. The molecule has 1 saturated heterocycles. The second-order valence-electron chi connectivity index (χ2n) is 8.36. The summed E-state index contributed by atoms with van der Waals surface area (Å²) in [4.78, 5) is 28.1. The van der Waals surface area contributed by atoms with Gasteiger partial charge in [-0.2, -0.15) is 5.26 Å². The molecule has 7 nitrogen and oxygen atoms in total. The molecule has 0 aliphatic carbocycles. The molecular formula is C25H17FN4O3. The summed E-state index contributed by atoms with van der Waals surface area (Å²) in [7, 11) is 0. The number of fused-ring (bicyclic) bond motifs is 6. The summed E-state index contributed by atoms with van der Waals surface area (Å²) in [6.45, 7) is 0.339. The number of aromatic nitrogens is 2. The monoisotopic (exact) mass is 440 g/mol. The third-order valence-corrected chi connectivity index (χ3v) is 6.67. The molecular weight excluding hydrogens is 423 g/mol. The van der Waals surface area contributed by atoms with Gasteiger partial charge in [-0.3, -0.25) is 9.36 Å². The summed E-state index contributed by atoms with van der Waals surface area (Å²) in [6.07, 6.45) is 0.542. The number of carbonyl (C=O) groups is 1. The summed E-state index contributed by atoms with van der Waals surface area (Å²) >= 11 is 0. The Labute approximate surface area is 187 Å². The molecule has 2 atom stereocenters. The van der Waals surface area contributed by atoms with Crippen LogP contribution in [0.25, 0.3) is 16.5 Å². The Morgan fingerprint density at radius 3 is 2.52 bits per heavy atom. The van der Waals surface area contributed by atoms with Crippen LogP contribution in [0.3, 0.4) is 0 Å². The fourth-order valence-corrected chi connectivity index (χ4v) is 5.22. The molecule has 1 N–H and O–H groups in total. The van der Waals surface area contributed by atoms with E-state index in [2.05, 4.69) is 6.07 Å². The van der Waals surface area contributed by atoms with Crippen LogP contribution >= 0.6 is 0 Å². The van der Waals surface area contributed by atoms with Crippen molar-refractivity contribution in [2.45, 2.75) is 18.5 Å². The zero-order valence-corrected chi connectivity index (χ0v) is 17.3. The number of hydrogen-bond donors (Lipinski definition) is 1. The van der Waals surface area contributed by atoms with E-state index in [1.54, 1.807) is 33.7 Å². The van der Waals surface area contributed by atoms with Crippen molar-refractivity contribution in [2.24, 2.45) is 0 Å². The first-order valence-electron chi connectivity index (χ1n) is 10.5. The number of nitrogens with zero attached hydrogens (tertiary/aromatic N) is 4. The Morgan fingerprint density at radius 2 is 1.79 bits per heavy atom. The molecule has 2 aliphatic heterocycles. The molecule has 3 heterocycles. The largest absolute Gasteiger partial charge is 0.493 e. The lowest BCUT2D eigenvalue weighted by molar-refractivity contribution is 0.0711. The number of hydrogen-bond acceptors (Lipinski definition) is 4. The van der Waals surface area contributed by atoms with Gasteiger partial charge in [0.15, 0.2) is 0 Å². The van der Waals surface area contributed by atoms with E-state index in [1.165, 1.54) is 28.8 Å². The van der Waals surface area contributed by atoms with Crippen molar-refractivity contribution in [2.75, 3.05) is 6.54 Å². The van der Waals surface area contributed by atoms with Crippen LogP contribution in [0.1, 0.15) is 40.1 Å². The lowest BCUT2D eigenvalue weighted by atomic mass is 10.0. The van der Waals surface area contributed by atoms with Crippen molar-refractivity contribution >= 4 is 16.7 Å². The van der Waals surface area contributed by atoms with Crippen LogP contribution < -0.4 is 5.69 Å². The summed E-state index contributed by atoms with van der Waals surface area (Å²) in [5, 5.41) is 22.0. The number of benzene rings is 3. The number of nitriles is 1. The van der Waals surface area contributed by atoms with Crippen LogP contribution in [0, 0.1) is 17.1 Å². The topological polar surface area (TPSA) is 91.3 Å². The second-order valence-corrected chi connectivity index (χ2v) is 8.36. The summed E-state index contributed by atoms with van der Waals surface area (Å²) in [6, 6.07) is 17.3. The molecule has 33 heavy (non-hydrogen) atoms. The minimum absolute atomic E-state index is 0.209. The molecule has 8 heteroatoms. The standard InChI is InChI=1S/C25H17FN4O3/c26-16-8-5-14(6-9-16)23(31)28-13-17-11-21(28)22-24(32)30(25(33)29(17)22)20-10-7-15(12-27)18-3-1-2-4-19(18)20/h1-10,17,21,32H,11,13H2. The van der Waals surface area contributed by atoms with E-state index in [0.717, 1.165) is 0 Å². The van der Waals surface area contributed by atoms with Crippen molar-refractivity contribution in [3.8, 4) is 17.6 Å². The highest BCUT2D eigenvalue weighted by atomic mass is 19.1. The van der Waals surface area contributed by atoms with Crippen molar-refractivity contribution in [1.29, 1.82) is 5.26 Å². The van der Waals surface area contributed by atoms with Crippen LogP contribution in [0.5, 0.6) is 5.88 Å². The van der Waals surface area contributed by atoms with Crippen LogP contribution in [0.4, 0.5) is 4.39 Å². The molecule has 6 rings (SSSR count). The van der Waals surface area contributed by atoms with Crippen LogP contribution in [-0.2, 0) is 0 Å². The highest BCUT2D eigenvalue weighted by Crippen LogP contribution is 2.49. The fraction of sp³-hybridized carbons (Fsp3) is 0.160. The maximum Gasteiger partial charge on any atom is 0.336 e. The number of imidazole rings is 1. The van der Waals surface area contributed by atoms with E-state index in [-0.39, 0.29) is 23.5 Å². The van der Waals surface area contributed by atoms with Crippen molar-refractivity contribution in [1.82, 2.24) is 14.0 Å². The van der Waals surface area contributed by atoms with Gasteiger partial charge in [0.25, 0.3) is 5.91 Å². The molecule has 162 valence electrons. The molecule has 3 aromatic carbocycles. The maximum atomic E-state index is 13.4. The van der Waals surface area contributed by atoms with Gasteiger partial charge in [0.2, 0.25) is 5.88 Å². The predicted molar refractivity (Wildman–Crippen MR) is 118 cm³/mol. The average molecular weight is 440 g/mol. The number of carbonyl (C=O) groups excluding carboxylic acids is 1. The third-order valence-electron chi connectivity index (χ3n) is 6.67. The molecule has 0 spiro atoms. The van der Waals surface area contributed by atoms with Crippen LogP contribution in [0.15, 0.2) is 65.5 Å². The van der Waals surface area contributed by atoms with Gasteiger partial charge in [0.05, 0.1) is 29.4 Å². The van der Waals surface area contributed by atoms with Gasteiger partial charge in [-0.1, -0.05) is 24.3 Å². The Kier molecular flexibility index (Phi) is 3.98. The third kappa shape index (κ3) is 2.59. The minimum atomic E-state index is -0.453. The Hall–Kier alpha value is -4.38. The van der Waals surface area contributed by atoms with Gasteiger partial charge < -0.3 is 10.0 Å². The molecule has 2 aliphatic rings. The zero-order valence-electron chi connectivity index (χ0n) is 17.3. The first kappa shape index (κ1) is 19.3. The highest BCUT2D eigenvalue weighted by molar-refractivity contribution is 5.95. The van der Waals surface area contributed by atoms with Gasteiger partial charge >= 0.3 is 5.69 Å². The summed E-state index contributed by atoms with van der Waals surface area (Å²) in [5.41, 5.74) is 1.34. The number of halogens is 1. The lowest BCUT2D eigenvalue weighted by Crippen LogP contribution is -2.37. The number of amides is 1. The normalized spacial score (nSPS) is 18.5. The minimum Gasteiger partial charge on any atom is -0.493 e. The quantitative estimate of drug-likeness (QED) is 0.515. The van der Waals surface area contributed by atoms with E-state index in [0.29, 0.717) is 46.2 Å². The van der Waals surface area contributed by atoms with Gasteiger partial charge in [-0.25, -0.2) is 13.8 Å². The number of rotatable bonds is 2. The zero-order chi connectivity index (χ0) is 22.9. The fourth-order valence-electron chi connectivity index (χ4n) is 5.22. The average Bonchev–Trinajstić information content (AvgIpc) is 3.50. The van der Waals surface area contributed by atoms with E-state index < -0.39 is 11.9 Å². The predicted octanol–water partition coefficient (Wildman–Crippen LogP) is 3.65. The van der Waals surface area contributed by atoms with Gasteiger partial charge in [0, 0.05) is 22.9 Å². The van der Waals surface area contributed by atoms with E-state index in [1.807, 2.05) is 12.1 Å². The van der Waals surface area contributed by atoms with E-state index in [4.69, 9.17) is 0 Å². The second kappa shape index (κ2) is 6.81. The van der Waals surface area contributed by atoms with E-state index in [9.17, 15) is 24.3 Å². The Bertz CT molecular complexity index is 1560. The Morgan fingerprint density at radius 1 is 1.06 bits per heavy atom. The summed E-state index contributed by atoms with van der Waals surface area (Å²) in [5.74, 6) is -0.899. The molecule has 1 fully saturated rings. The molecule has 1 amide bonds. The van der Waals surface area contributed by atoms with Crippen molar-refractivity contribution < 1.29 is 14.3 Å². The number of likely N-dealkylation sites (tertiary alicyclic amines) is 1. The lowest BCUT2D eigenvalue weighted by Gasteiger charge is -2.27. The maximum absolute atomic E-state index is 13.4. The van der Waals surface area contributed by atoms with Crippen LogP contribution in [0.2, 0.25) is 0 Å². The van der Waals surface area contributed by atoms with Crippen LogP contribution in [-0.4, -0.2) is 31.6 Å². The SMILES string of the molecule is N#Cc1ccc(-n2c(O)c3n(c2=O)C2CC3N(C(=O)c3ccc(F)cc3)C2)c2ccccc12. The molecule has 2 unspecified atom stereocenters. The molecule has 0 saturated carbocycles. The molecule has 0 radical (unpaired) electrons. The molecule has 2 bridgehead atoms. The van der Waals surface area contributed by atoms with Gasteiger partial charge in [-0.15, -0.1) is 0 Å². The smallest absolute Gasteiger partial charge is 0.336 e. The van der Waals surface area contributed by atoms with Gasteiger partial charge in [-0.05, 0) is 42.8 Å². The summed E-state index contributed by atoms with van der Waals surface area (Å²) < 4.78 is 16.1. The number of aromatic hydroxyl groups is 1. The highest BCUT2D eigenvalue weighted by Gasteiger charge is 2.49. The van der Waals surface area contributed by atoms with E-state index >= 15 is 0 Å².